The summed E-state index contributed by atoms with van der Waals surface area (Å²) in [5.41, 5.74) is 9.05. The standard InChI is InChI=1S/C18H17N5O2S.ClH/c1-9(2)25-13-5-3-10(17(19)24)7-12(13)22-18-23-16-14(26-18)6-4-11-15(16)21-8-20-11;/h3-9H,1-2H3,(H2,19,24)(H,20,21)(H,22,23);1H. The molecule has 0 aliphatic heterocycles. The second-order valence-electron chi connectivity index (χ2n) is 6.10. The molecule has 4 aromatic rings. The maximum atomic E-state index is 11.5. The minimum atomic E-state index is -0.494. The smallest absolute Gasteiger partial charge is 0.248 e. The molecule has 0 bridgehead atoms. The van der Waals surface area contributed by atoms with Gasteiger partial charge in [0.05, 0.1) is 28.3 Å². The number of aromatic amines is 1. The van der Waals surface area contributed by atoms with Gasteiger partial charge in [0.15, 0.2) is 5.13 Å². The predicted octanol–water partition coefficient (Wildman–Crippen LogP) is 4.22. The third kappa shape index (κ3) is 3.67. The normalized spacial score (nSPS) is 10.9. The molecule has 0 aliphatic rings. The lowest BCUT2D eigenvalue weighted by Gasteiger charge is -2.15. The van der Waals surface area contributed by atoms with Crippen molar-refractivity contribution in [2.75, 3.05) is 5.32 Å². The van der Waals surface area contributed by atoms with Crippen LogP contribution < -0.4 is 15.8 Å². The molecule has 140 valence electrons. The fourth-order valence-electron chi connectivity index (χ4n) is 2.70. The minimum Gasteiger partial charge on any atom is -0.489 e. The Kier molecular flexibility index (Phi) is 5.20. The minimum absolute atomic E-state index is 0. The van der Waals surface area contributed by atoms with E-state index in [4.69, 9.17) is 10.5 Å². The van der Waals surface area contributed by atoms with E-state index in [1.165, 1.54) is 11.3 Å². The number of benzene rings is 2. The van der Waals surface area contributed by atoms with Gasteiger partial charge in [-0.3, -0.25) is 4.79 Å². The topological polar surface area (TPSA) is 106 Å². The Morgan fingerprint density at radius 3 is 2.81 bits per heavy atom. The number of hydrogen-bond acceptors (Lipinski definition) is 6. The van der Waals surface area contributed by atoms with Crippen LogP contribution in [0.5, 0.6) is 5.75 Å². The number of ether oxygens (including phenoxy) is 1. The number of primary amides is 1. The molecule has 0 saturated heterocycles. The number of H-pyrrole nitrogens is 1. The molecule has 4 rings (SSSR count). The van der Waals surface area contributed by atoms with E-state index in [1.807, 2.05) is 26.0 Å². The molecule has 0 aliphatic carbocycles. The predicted molar refractivity (Wildman–Crippen MR) is 111 cm³/mol. The van der Waals surface area contributed by atoms with Gasteiger partial charge in [0, 0.05) is 5.56 Å². The highest BCUT2D eigenvalue weighted by atomic mass is 35.5. The maximum absolute atomic E-state index is 11.5. The van der Waals surface area contributed by atoms with Crippen LogP contribution in [0.25, 0.3) is 21.3 Å². The molecule has 1 amide bonds. The van der Waals surface area contributed by atoms with Crippen molar-refractivity contribution in [2.45, 2.75) is 20.0 Å². The Balaban J connectivity index is 0.00000210. The average molecular weight is 404 g/mol. The zero-order valence-electron chi connectivity index (χ0n) is 14.6. The summed E-state index contributed by atoms with van der Waals surface area (Å²) in [6, 6.07) is 9.05. The summed E-state index contributed by atoms with van der Waals surface area (Å²) in [5.74, 6) is 0.140. The highest BCUT2D eigenvalue weighted by molar-refractivity contribution is 7.22. The summed E-state index contributed by atoms with van der Waals surface area (Å²) < 4.78 is 6.85. The molecular weight excluding hydrogens is 386 g/mol. The number of nitrogens with two attached hydrogens (primary N) is 1. The van der Waals surface area contributed by atoms with Crippen molar-refractivity contribution in [3.8, 4) is 5.75 Å². The van der Waals surface area contributed by atoms with E-state index >= 15 is 0 Å². The first-order valence-corrected chi connectivity index (χ1v) is 8.93. The van der Waals surface area contributed by atoms with Crippen molar-refractivity contribution in [3.63, 3.8) is 0 Å². The van der Waals surface area contributed by atoms with E-state index in [-0.39, 0.29) is 18.5 Å². The number of nitrogens with zero attached hydrogens (tertiary/aromatic N) is 2. The number of anilines is 2. The van der Waals surface area contributed by atoms with E-state index in [1.54, 1.807) is 24.5 Å². The number of imidazole rings is 1. The monoisotopic (exact) mass is 403 g/mol. The SMILES string of the molecule is CC(C)Oc1ccc(C(N)=O)cc1Nc1nc2c(ccc3[nH]cnc32)s1.Cl. The van der Waals surface area contributed by atoms with E-state index in [9.17, 15) is 4.79 Å². The summed E-state index contributed by atoms with van der Waals surface area (Å²) in [6.45, 7) is 3.88. The van der Waals surface area contributed by atoms with Crippen molar-refractivity contribution in [1.29, 1.82) is 0 Å². The molecule has 9 heteroatoms. The lowest BCUT2D eigenvalue weighted by molar-refractivity contribution is 0.100. The number of aromatic nitrogens is 3. The van der Waals surface area contributed by atoms with E-state index in [2.05, 4.69) is 20.3 Å². The lowest BCUT2D eigenvalue weighted by Crippen LogP contribution is -2.12. The molecular formula is C18H18ClN5O2S. The third-order valence-electron chi connectivity index (χ3n) is 3.82. The Bertz CT molecular complexity index is 1120. The van der Waals surface area contributed by atoms with Crippen LogP contribution in [-0.2, 0) is 0 Å². The Morgan fingerprint density at radius 1 is 1.26 bits per heavy atom. The second-order valence-corrected chi connectivity index (χ2v) is 7.13. The van der Waals surface area contributed by atoms with Crippen LogP contribution in [0.15, 0.2) is 36.7 Å². The summed E-state index contributed by atoms with van der Waals surface area (Å²) in [4.78, 5) is 23.6. The van der Waals surface area contributed by atoms with Crippen LogP contribution >= 0.6 is 23.7 Å². The number of carbonyl (C=O) groups is 1. The van der Waals surface area contributed by atoms with Crippen molar-refractivity contribution in [2.24, 2.45) is 5.73 Å². The van der Waals surface area contributed by atoms with Crippen LogP contribution in [0.3, 0.4) is 0 Å². The highest BCUT2D eigenvalue weighted by Crippen LogP contribution is 2.35. The molecule has 0 atom stereocenters. The quantitative estimate of drug-likeness (QED) is 0.462. The summed E-state index contributed by atoms with van der Waals surface area (Å²) in [5, 5.41) is 3.94. The van der Waals surface area contributed by atoms with Crippen LogP contribution in [0.2, 0.25) is 0 Å². The lowest BCUT2D eigenvalue weighted by atomic mass is 10.1. The molecule has 0 radical (unpaired) electrons. The molecule has 0 saturated carbocycles. The van der Waals surface area contributed by atoms with E-state index in [0.29, 0.717) is 22.1 Å². The first-order valence-electron chi connectivity index (χ1n) is 8.11. The molecule has 27 heavy (non-hydrogen) atoms. The van der Waals surface area contributed by atoms with Crippen LogP contribution in [-0.4, -0.2) is 27.0 Å². The van der Waals surface area contributed by atoms with E-state index < -0.39 is 5.91 Å². The van der Waals surface area contributed by atoms with Gasteiger partial charge in [-0.1, -0.05) is 11.3 Å². The Morgan fingerprint density at radius 2 is 2.07 bits per heavy atom. The zero-order valence-corrected chi connectivity index (χ0v) is 16.3. The molecule has 2 heterocycles. The fraction of sp³-hybridized carbons (Fsp3) is 0.167. The summed E-state index contributed by atoms with van der Waals surface area (Å²) in [7, 11) is 0. The fourth-order valence-corrected chi connectivity index (χ4v) is 3.58. The van der Waals surface area contributed by atoms with Crippen LogP contribution in [0, 0.1) is 0 Å². The van der Waals surface area contributed by atoms with Gasteiger partial charge in [-0.15, -0.1) is 12.4 Å². The Labute approximate surface area is 165 Å². The second kappa shape index (κ2) is 7.42. The molecule has 4 N–H and O–H groups in total. The molecule has 2 aromatic carbocycles. The van der Waals surface area contributed by atoms with Crippen LogP contribution in [0.1, 0.15) is 24.2 Å². The molecule has 0 unspecified atom stereocenters. The highest BCUT2D eigenvalue weighted by Gasteiger charge is 2.14. The number of nitrogens with one attached hydrogen (secondary N) is 2. The largest absolute Gasteiger partial charge is 0.489 e. The van der Waals surface area contributed by atoms with Crippen molar-refractivity contribution in [1.82, 2.24) is 15.0 Å². The number of carbonyl (C=O) groups excluding carboxylic acids is 1. The first-order chi connectivity index (χ1) is 12.5. The van der Waals surface area contributed by atoms with Gasteiger partial charge in [0.1, 0.15) is 16.8 Å². The summed E-state index contributed by atoms with van der Waals surface area (Å²) in [6.07, 6.45) is 1.65. The van der Waals surface area contributed by atoms with Crippen molar-refractivity contribution in [3.05, 3.63) is 42.2 Å². The van der Waals surface area contributed by atoms with Gasteiger partial charge in [-0.2, -0.15) is 0 Å². The number of amides is 1. The number of hydrogen-bond donors (Lipinski definition) is 3. The van der Waals surface area contributed by atoms with Gasteiger partial charge in [-0.25, -0.2) is 9.97 Å². The van der Waals surface area contributed by atoms with Gasteiger partial charge >= 0.3 is 0 Å². The number of rotatable bonds is 5. The molecule has 2 aromatic heterocycles. The molecule has 0 fully saturated rings. The van der Waals surface area contributed by atoms with Gasteiger partial charge < -0.3 is 20.8 Å². The average Bonchev–Trinajstić information content (AvgIpc) is 3.21. The van der Waals surface area contributed by atoms with Gasteiger partial charge in [-0.05, 0) is 44.2 Å². The van der Waals surface area contributed by atoms with Gasteiger partial charge in [0.2, 0.25) is 5.91 Å². The number of thiazole rings is 1. The Hall–Kier alpha value is -2.84. The van der Waals surface area contributed by atoms with Crippen molar-refractivity contribution < 1.29 is 9.53 Å². The zero-order chi connectivity index (χ0) is 18.3. The maximum Gasteiger partial charge on any atom is 0.248 e. The van der Waals surface area contributed by atoms with Crippen molar-refractivity contribution >= 4 is 61.7 Å². The van der Waals surface area contributed by atoms with E-state index in [0.717, 1.165) is 21.3 Å². The number of halogens is 1. The number of fused-ring (bicyclic) bond motifs is 3. The van der Waals surface area contributed by atoms with Gasteiger partial charge in [0.25, 0.3) is 0 Å². The summed E-state index contributed by atoms with van der Waals surface area (Å²) >= 11 is 1.50. The first kappa shape index (κ1) is 18.9. The molecule has 7 nitrogen and oxygen atoms in total. The molecule has 0 spiro atoms. The third-order valence-corrected chi connectivity index (χ3v) is 4.75. The van der Waals surface area contributed by atoms with Crippen LogP contribution in [0.4, 0.5) is 10.8 Å².